The zero-order chi connectivity index (χ0) is 20.0. The molecule has 2 N–H and O–H groups in total. The topological polar surface area (TPSA) is 92.7 Å². The number of benzene rings is 1. The number of carbonyl (C=O) groups is 3. The molecule has 2 unspecified atom stereocenters. The smallest absolute Gasteiger partial charge is 0.326 e. The highest BCUT2D eigenvalue weighted by atomic mass is 32.1. The van der Waals surface area contributed by atoms with Crippen molar-refractivity contribution >= 4 is 30.3 Å². The van der Waals surface area contributed by atoms with Gasteiger partial charge in [0.15, 0.2) is 0 Å². The highest BCUT2D eigenvalue weighted by Crippen LogP contribution is 2.43. The molecule has 27 heavy (non-hydrogen) atoms. The quantitative estimate of drug-likeness (QED) is 0.589. The minimum atomic E-state index is -1.11. The lowest BCUT2D eigenvalue weighted by Gasteiger charge is -2.41. The third-order valence-corrected chi connectivity index (χ3v) is 6.26. The highest BCUT2D eigenvalue weighted by Gasteiger charge is 2.49. The van der Waals surface area contributed by atoms with Gasteiger partial charge < -0.3 is 15.2 Å². The van der Waals surface area contributed by atoms with E-state index in [0.717, 1.165) is 5.56 Å². The van der Waals surface area contributed by atoms with Crippen LogP contribution in [0, 0.1) is 5.41 Å². The number of rotatable bonds is 8. The largest absolute Gasteiger partial charge is 0.480 e. The first-order valence-electron chi connectivity index (χ1n) is 9.09. The normalized spacial score (nSPS) is 24.6. The lowest BCUT2D eigenvalue weighted by atomic mass is 9.69. The molecule has 2 atom stereocenters. The summed E-state index contributed by atoms with van der Waals surface area (Å²) in [4.78, 5) is 36.9. The molecular weight excluding hydrogens is 366 g/mol. The van der Waals surface area contributed by atoms with Gasteiger partial charge in [0.2, 0.25) is 5.91 Å². The molecule has 1 aliphatic carbocycles. The average molecular weight is 394 g/mol. The molecule has 1 amide bonds. The fourth-order valence-electron chi connectivity index (χ4n) is 3.71. The van der Waals surface area contributed by atoms with Gasteiger partial charge in [0.25, 0.3) is 0 Å². The number of carbonyl (C=O) groups excluding carboxylic acids is 2. The van der Waals surface area contributed by atoms with E-state index in [2.05, 4.69) is 17.9 Å². The second kappa shape index (κ2) is 9.37. The van der Waals surface area contributed by atoms with Gasteiger partial charge in [-0.2, -0.15) is 12.6 Å². The third kappa shape index (κ3) is 5.11. The summed E-state index contributed by atoms with van der Waals surface area (Å²) in [5.41, 5.74) is -0.203. The molecule has 0 radical (unpaired) electrons. The van der Waals surface area contributed by atoms with Crippen molar-refractivity contribution in [3.05, 3.63) is 35.9 Å². The summed E-state index contributed by atoms with van der Waals surface area (Å²) in [6.07, 6.45) is 2.34. The molecule has 0 aliphatic heterocycles. The van der Waals surface area contributed by atoms with Crippen molar-refractivity contribution in [3.8, 4) is 0 Å². The first kappa shape index (κ1) is 21.4. The average Bonchev–Trinajstić information content (AvgIpc) is 2.67. The minimum Gasteiger partial charge on any atom is -0.480 e. The van der Waals surface area contributed by atoms with Crippen molar-refractivity contribution in [2.45, 2.75) is 56.4 Å². The van der Waals surface area contributed by atoms with Crippen LogP contribution in [0.1, 0.15) is 38.2 Å². The number of Topliss-reactive ketones (excluding diaryl/α,β-unsaturated/α-hetero) is 1. The molecule has 148 valence electrons. The molecule has 0 heterocycles. The van der Waals surface area contributed by atoms with Gasteiger partial charge in [-0.15, -0.1) is 0 Å². The molecule has 0 bridgehead atoms. The molecule has 0 aromatic heterocycles. The molecule has 1 aliphatic rings. The Morgan fingerprint density at radius 2 is 1.85 bits per heavy atom. The molecule has 2 rings (SSSR count). The van der Waals surface area contributed by atoms with Gasteiger partial charge in [-0.05, 0) is 38.2 Å². The number of thiol groups is 1. The van der Waals surface area contributed by atoms with E-state index in [1.165, 1.54) is 6.92 Å². The number of amides is 1. The fourth-order valence-corrected chi connectivity index (χ4v) is 4.08. The van der Waals surface area contributed by atoms with Crippen LogP contribution in [-0.4, -0.2) is 47.3 Å². The standard InChI is InChI=1S/C20H27NO5S/c1-13(22)17(27)20(10-8-15(26-2)9-11-20)19(25)21-16(18(23)24)12-14-6-4-3-5-7-14/h3-7,15-17,27H,8-12H2,1-2H3,(H,21,25)(H,23,24). The maximum absolute atomic E-state index is 13.1. The summed E-state index contributed by atoms with van der Waals surface area (Å²) in [5, 5.41) is 11.5. The van der Waals surface area contributed by atoms with Crippen molar-refractivity contribution in [1.29, 1.82) is 0 Å². The van der Waals surface area contributed by atoms with Gasteiger partial charge in [0, 0.05) is 13.5 Å². The number of methoxy groups -OCH3 is 1. The van der Waals surface area contributed by atoms with Gasteiger partial charge in [0.1, 0.15) is 11.8 Å². The Morgan fingerprint density at radius 3 is 2.33 bits per heavy atom. The third-order valence-electron chi connectivity index (χ3n) is 5.40. The van der Waals surface area contributed by atoms with Crippen LogP contribution in [-0.2, 0) is 25.5 Å². The Kier molecular flexibility index (Phi) is 7.44. The van der Waals surface area contributed by atoms with Gasteiger partial charge >= 0.3 is 5.97 Å². The van der Waals surface area contributed by atoms with E-state index >= 15 is 0 Å². The van der Waals surface area contributed by atoms with Crippen LogP contribution in [0.3, 0.4) is 0 Å². The van der Waals surface area contributed by atoms with Crippen molar-refractivity contribution in [3.63, 3.8) is 0 Å². The van der Waals surface area contributed by atoms with Gasteiger partial charge in [0.05, 0.1) is 16.8 Å². The zero-order valence-electron chi connectivity index (χ0n) is 15.7. The van der Waals surface area contributed by atoms with Crippen molar-refractivity contribution < 1.29 is 24.2 Å². The summed E-state index contributed by atoms with van der Waals surface area (Å²) >= 11 is 4.43. The van der Waals surface area contributed by atoms with Crippen molar-refractivity contribution in [1.82, 2.24) is 5.32 Å². The number of ether oxygens (including phenoxy) is 1. The molecule has 1 saturated carbocycles. The van der Waals surface area contributed by atoms with E-state index in [4.69, 9.17) is 4.74 Å². The van der Waals surface area contributed by atoms with Crippen LogP contribution in [0.15, 0.2) is 30.3 Å². The lowest BCUT2D eigenvalue weighted by molar-refractivity contribution is -0.146. The molecular formula is C20H27NO5S. The Labute approximate surface area is 165 Å². The Bertz CT molecular complexity index is 670. The van der Waals surface area contributed by atoms with Crippen molar-refractivity contribution in [2.24, 2.45) is 5.41 Å². The van der Waals surface area contributed by atoms with E-state index in [1.54, 1.807) is 7.11 Å². The summed E-state index contributed by atoms with van der Waals surface area (Å²) < 4.78 is 5.37. The number of hydrogen-bond donors (Lipinski definition) is 3. The summed E-state index contributed by atoms with van der Waals surface area (Å²) in [5.74, 6) is -1.72. The molecule has 7 heteroatoms. The summed E-state index contributed by atoms with van der Waals surface area (Å²) in [6.45, 7) is 1.41. The van der Waals surface area contributed by atoms with Crippen LogP contribution in [0.25, 0.3) is 0 Å². The van der Waals surface area contributed by atoms with E-state index < -0.39 is 28.6 Å². The molecule has 0 spiro atoms. The van der Waals surface area contributed by atoms with Crippen LogP contribution in [0.5, 0.6) is 0 Å². The number of ketones is 1. The van der Waals surface area contributed by atoms with E-state index in [9.17, 15) is 19.5 Å². The first-order chi connectivity index (χ1) is 12.8. The number of hydrogen-bond acceptors (Lipinski definition) is 5. The van der Waals surface area contributed by atoms with E-state index in [1.807, 2.05) is 30.3 Å². The van der Waals surface area contributed by atoms with Crippen LogP contribution in [0.4, 0.5) is 0 Å². The highest BCUT2D eigenvalue weighted by molar-refractivity contribution is 7.81. The molecule has 0 saturated heterocycles. The lowest BCUT2D eigenvalue weighted by Crippen LogP contribution is -2.55. The minimum absolute atomic E-state index is 0.0398. The maximum atomic E-state index is 13.1. The van der Waals surface area contributed by atoms with Gasteiger partial charge in [-0.1, -0.05) is 30.3 Å². The molecule has 1 aromatic carbocycles. The Morgan fingerprint density at radius 1 is 1.26 bits per heavy atom. The van der Waals surface area contributed by atoms with Crippen LogP contribution in [0.2, 0.25) is 0 Å². The second-order valence-corrected chi connectivity index (χ2v) is 7.67. The van der Waals surface area contributed by atoms with Gasteiger partial charge in [-0.3, -0.25) is 9.59 Å². The zero-order valence-corrected chi connectivity index (χ0v) is 16.6. The summed E-state index contributed by atoms with van der Waals surface area (Å²) in [6, 6.07) is 8.06. The van der Waals surface area contributed by atoms with E-state index in [-0.39, 0.29) is 18.3 Å². The molecule has 6 nitrogen and oxygen atoms in total. The fraction of sp³-hybridized carbons (Fsp3) is 0.550. The number of aliphatic carboxylic acids is 1. The SMILES string of the molecule is COC1CCC(C(=O)NC(Cc2ccccc2)C(=O)O)(C(S)C(C)=O)CC1. The number of nitrogens with one attached hydrogen (secondary N) is 1. The molecule has 1 aromatic rings. The van der Waals surface area contributed by atoms with Crippen LogP contribution >= 0.6 is 12.6 Å². The molecule has 1 fully saturated rings. The van der Waals surface area contributed by atoms with Crippen molar-refractivity contribution in [2.75, 3.05) is 7.11 Å². The van der Waals surface area contributed by atoms with Crippen LogP contribution < -0.4 is 5.32 Å². The summed E-state index contributed by atoms with van der Waals surface area (Å²) in [7, 11) is 1.63. The van der Waals surface area contributed by atoms with Gasteiger partial charge in [-0.25, -0.2) is 4.79 Å². The van der Waals surface area contributed by atoms with E-state index in [0.29, 0.717) is 25.7 Å². The maximum Gasteiger partial charge on any atom is 0.326 e. The predicted octanol–water partition coefficient (Wildman–Crippen LogP) is 2.26. The Hall–Kier alpha value is -1.86. The number of carboxylic acids is 1. The predicted molar refractivity (Wildman–Crippen MR) is 105 cm³/mol. The Balaban J connectivity index is 2.20. The second-order valence-electron chi connectivity index (χ2n) is 7.16. The number of carboxylic acid groups (broad SMARTS) is 1. The first-order valence-corrected chi connectivity index (χ1v) is 9.61. The monoisotopic (exact) mass is 393 g/mol.